The monoisotopic (exact) mass is 667 g/mol. The van der Waals surface area contributed by atoms with Crippen LogP contribution in [0.5, 0.6) is 0 Å². The molecule has 7 nitrogen and oxygen atoms in total. The van der Waals surface area contributed by atoms with Crippen LogP contribution in [0.2, 0.25) is 0 Å². The van der Waals surface area contributed by atoms with Gasteiger partial charge in [-0.3, -0.25) is 15.0 Å². The maximum Gasteiger partial charge on any atom is 0.293 e. The number of benzene rings is 5. The van der Waals surface area contributed by atoms with Gasteiger partial charge in [0.2, 0.25) is 11.7 Å². The Bertz CT molecular complexity index is 1910. The van der Waals surface area contributed by atoms with E-state index in [1.807, 2.05) is 120 Å². The first kappa shape index (κ1) is 33.9. The first-order chi connectivity index (χ1) is 24.4. The van der Waals surface area contributed by atoms with Crippen molar-refractivity contribution in [3.8, 4) is 11.1 Å². The number of ether oxygens (including phenoxy) is 1. The topological polar surface area (TPSA) is 87.5 Å². The van der Waals surface area contributed by atoms with Crippen molar-refractivity contribution in [2.24, 2.45) is 0 Å². The lowest BCUT2D eigenvalue weighted by Gasteiger charge is -2.37. The molecule has 252 valence electrons. The highest BCUT2D eigenvalue weighted by molar-refractivity contribution is 6.05. The highest BCUT2D eigenvalue weighted by atomic mass is 19.1. The minimum atomic E-state index is -0.596. The summed E-state index contributed by atoms with van der Waals surface area (Å²) in [5.41, 5.74) is 4.68. The van der Waals surface area contributed by atoms with E-state index in [1.165, 1.54) is 12.3 Å². The van der Waals surface area contributed by atoms with Gasteiger partial charge in [0.1, 0.15) is 17.6 Å². The summed E-state index contributed by atoms with van der Waals surface area (Å²) in [6.45, 7) is 3.40. The van der Waals surface area contributed by atoms with Crippen LogP contribution in [0.3, 0.4) is 0 Å². The van der Waals surface area contributed by atoms with Gasteiger partial charge in [-0.2, -0.15) is 0 Å². The second kappa shape index (κ2) is 15.9. The van der Waals surface area contributed by atoms with Crippen molar-refractivity contribution in [3.05, 3.63) is 173 Å². The molecule has 1 fully saturated rings. The van der Waals surface area contributed by atoms with Gasteiger partial charge in [-0.1, -0.05) is 121 Å². The highest BCUT2D eigenvalue weighted by Crippen LogP contribution is 2.31. The zero-order valence-corrected chi connectivity index (χ0v) is 27.9. The molecule has 50 heavy (non-hydrogen) atoms. The van der Waals surface area contributed by atoms with E-state index in [2.05, 4.69) is 5.32 Å². The summed E-state index contributed by atoms with van der Waals surface area (Å²) in [4.78, 5) is 31.4. The summed E-state index contributed by atoms with van der Waals surface area (Å²) in [5.74, 6) is -1.37. The van der Waals surface area contributed by atoms with Gasteiger partial charge in [0.25, 0.3) is 5.91 Å². The molecule has 6 rings (SSSR count). The van der Waals surface area contributed by atoms with E-state index in [1.54, 1.807) is 30.0 Å². The molecule has 1 saturated heterocycles. The Balaban J connectivity index is 1.24. The van der Waals surface area contributed by atoms with Crippen LogP contribution in [-0.4, -0.2) is 54.0 Å². The normalized spacial score (nSPS) is 14.1. The second-order valence-corrected chi connectivity index (χ2v) is 12.2. The standard InChI is InChI=1S/C42H39FN4O3/c1-30(34-22-23-36(37(43)28-34)31-14-6-2-7-15-31)42(49)47-26-24-46(25-27-47)38(29-44)40(41(48)45-35-20-12-5-13-21-35)50-39(32-16-8-3-9-17-32)33-18-10-4-11-19-33/h2-23,28-30,39,44H,24-27H2,1H3,(H,45,48)/p+1/b40-38-,44-29?. The lowest BCUT2D eigenvalue weighted by atomic mass is 9.95. The summed E-state index contributed by atoms with van der Waals surface area (Å²) in [6, 6.07) is 43.0. The molecule has 2 amide bonds. The molecule has 1 atom stereocenters. The number of anilines is 1. The fraction of sp³-hybridized carbons (Fsp3) is 0.167. The Morgan fingerprint density at radius 3 is 1.78 bits per heavy atom. The third-order valence-electron chi connectivity index (χ3n) is 8.95. The van der Waals surface area contributed by atoms with Gasteiger partial charge in [0.05, 0.1) is 5.92 Å². The van der Waals surface area contributed by atoms with Crippen molar-refractivity contribution >= 4 is 23.7 Å². The Morgan fingerprint density at radius 1 is 0.720 bits per heavy atom. The molecule has 1 heterocycles. The van der Waals surface area contributed by atoms with Crippen molar-refractivity contribution in [1.82, 2.24) is 9.80 Å². The number of halogens is 1. The van der Waals surface area contributed by atoms with E-state index in [9.17, 15) is 9.59 Å². The smallest absolute Gasteiger partial charge is 0.293 e. The molecule has 0 saturated carbocycles. The summed E-state index contributed by atoms with van der Waals surface area (Å²) in [7, 11) is 0. The van der Waals surface area contributed by atoms with Gasteiger partial charge in [0, 0.05) is 37.4 Å². The third-order valence-corrected chi connectivity index (χ3v) is 8.95. The lowest BCUT2D eigenvalue weighted by molar-refractivity contribution is -0.134. The average molecular weight is 668 g/mol. The number of nitrogens with two attached hydrogens (primary N) is 1. The number of carbonyl (C=O) groups is 2. The van der Waals surface area contributed by atoms with Crippen LogP contribution in [0.1, 0.15) is 35.6 Å². The van der Waals surface area contributed by atoms with Gasteiger partial charge in [-0.05, 0) is 47.4 Å². The molecule has 1 unspecified atom stereocenters. The first-order valence-electron chi connectivity index (χ1n) is 16.7. The van der Waals surface area contributed by atoms with E-state index in [-0.39, 0.29) is 17.5 Å². The summed E-state index contributed by atoms with van der Waals surface area (Å²) in [6.07, 6.45) is 0.797. The SMILES string of the molecule is CC(C(=O)N1CCN(/C(C=[NH2+])=C(\OC(c2ccccc2)c2ccccc2)C(=O)Nc2ccccc2)CC1)c1ccc(-c2ccccc2)c(F)c1. The van der Waals surface area contributed by atoms with E-state index < -0.39 is 17.9 Å². The van der Waals surface area contributed by atoms with Gasteiger partial charge < -0.3 is 19.9 Å². The zero-order chi connectivity index (χ0) is 34.9. The van der Waals surface area contributed by atoms with Crippen molar-refractivity contribution in [2.45, 2.75) is 18.9 Å². The number of hydrogen-bond acceptors (Lipinski definition) is 4. The molecule has 8 heteroatoms. The predicted octanol–water partition coefficient (Wildman–Crippen LogP) is 6.23. The Kier molecular flexibility index (Phi) is 10.8. The summed E-state index contributed by atoms with van der Waals surface area (Å²) in [5, 5.41) is 9.24. The van der Waals surface area contributed by atoms with Gasteiger partial charge >= 0.3 is 0 Å². The van der Waals surface area contributed by atoms with Gasteiger partial charge in [0.15, 0.2) is 6.21 Å². The fourth-order valence-electron chi connectivity index (χ4n) is 6.20. The number of nitrogens with zero attached hydrogens (tertiary/aromatic N) is 2. The van der Waals surface area contributed by atoms with E-state index >= 15 is 4.39 Å². The highest BCUT2D eigenvalue weighted by Gasteiger charge is 2.32. The zero-order valence-electron chi connectivity index (χ0n) is 27.9. The number of para-hydroxylation sites is 1. The first-order valence-corrected chi connectivity index (χ1v) is 16.7. The number of hydrogen-bond donors (Lipinski definition) is 2. The van der Waals surface area contributed by atoms with Crippen molar-refractivity contribution in [2.75, 3.05) is 31.5 Å². The number of rotatable bonds is 11. The number of carbonyl (C=O) groups excluding carboxylic acids is 2. The van der Waals surface area contributed by atoms with Crippen LogP contribution >= 0.6 is 0 Å². The molecule has 0 spiro atoms. The summed E-state index contributed by atoms with van der Waals surface area (Å²) < 4.78 is 21.9. The lowest BCUT2D eigenvalue weighted by Crippen LogP contribution is -2.51. The Morgan fingerprint density at radius 2 is 1.24 bits per heavy atom. The molecule has 1 aliphatic rings. The number of nitrogens with one attached hydrogen (secondary N) is 1. The van der Waals surface area contributed by atoms with Crippen LogP contribution in [0.15, 0.2) is 151 Å². The van der Waals surface area contributed by atoms with Crippen LogP contribution in [-0.2, 0) is 14.3 Å². The van der Waals surface area contributed by atoms with Crippen LogP contribution in [0, 0.1) is 5.82 Å². The fourth-order valence-corrected chi connectivity index (χ4v) is 6.20. The van der Waals surface area contributed by atoms with E-state index in [0.29, 0.717) is 48.7 Å². The molecular formula is C42H40FN4O3+. The van der Waals surface area contributed by atoms with E-state index in [0.717, 1.165) is 16.7 Å². The van der Waals surface area contributed by atoms with Crippen molar-refractivity contribution in [3.63, 3.8) is 0 Å². The van der Waals surface area contributed by atoms with Gasteiger partial charge in [-0.15, -0.1) is 0 Å². The Hall–Kier alpha value is -6.02. The van der Waals surface area contributed by atoms with Gasteiger partial charge in [-0.25, -0.2) is 4.39 Å². The molecule has 1 aliphatic heterocycles. The summed E-state index contributed by atoms with van der Waals surface area (Å²) >= 11 is 0. The van der Waals surface area contributed by atoms with Crippen LogP contribution < -0.4 is 10.7 Å². The number of piperazine rings is 1. The quantitative estimate of drug-likeness (QED) is 0.0995. The molecule has 0 radical (unpaired) electrons. The molecule has 0 aromatic heterocycles. The second-order valence-electron chi connectivity index (χ2n) is 12.2. The third kappa shape index (κ3) is 7.81. The number of amides is 2. The molecule has 0 bridgehead atoms. The Labute approximate surface area is 292 Å². The average Bonchev–Trinajstić information content (AvgIpc) is 3.17. The maximum absolute atomic E-state index is 15.2. The molecule has 5 aromatic carbocycles. The van der Waals surface area contributed by atoms with Crippen molar-refractivity contribution < 1.29 is 24.1 Å². The predicted molar refractivity (Wildman–Crippen MR) is 194 cm³/mol. The largest absolute Gasteiger partial charge is 0.473 e. The number of allylic oxidation sites excluding steroid dienone is 1. The van der Waals surface area contributed by atoms with Crippen LogP contribution in [0.25, 0.3) is 11.1 Å². The molecule has 0 aliphatic carbocycles. The van der Waals surface area contributed by atoms with Crippen molar-refractivity contribution in [1.29, 1.82) is 0 Å². The van der Waals surface area contributed by atoms with Crippen LogP contribution in [0.4, 0.5) is 10.1 Å². The molecular weight excluding hydrogens is 627 g/mol. The molecule has 5 aromatic rings. The minimum Gasteiger partial charge on any atom is -0.473 e. The minimum absolute atomic E-state index is 0.0659. The van der Waals surface area contributed by atoms with E-state index in [4.69, 9.17) is 10.1 Å². The molecule has 3 N–H and O–H groups in total. The maximum atomic E-state index is 15.2.